The fourth-order valence-corrected chi connectivity index (χ4v) is 5.56. The Balaban J connectivity index is 1.53. The number of ether oxygens (including phenoxy) is 3. The molecule has 10 heteroatoms. The van der Waals surface area contributed by atoms with Gasteiger partial charge >= 0.3 is 12.1 Å². The van der Waals surface area contributed by atoms with Crippen LogP contribution in [-0.4, -0.2) is 105 Å². The van der Waals surface area contributed by atoms with Gasteiger partial charge in [0.05, 0.1) is 25.7 Å². The Morgan fingerprint density at radius 2 is 1.83 bits per heavy atom. The summed E-state index contributed by atoms with van der Waals surface area (Å²) in [6, 6.07) is 4.83. The van der Waals surface area contributed by atoms with E-state index >= 15 is 0 Å². The van der Waals surface area contributed by atoms with E-state index in [1.165, 1.54) is 21.9 Å². The van der Waals surface area contributed by atoms with Gasteiger partial charge in [0.15, 0.2) is 0 Å². The number of esters is 1. The molecule has 4 rings (SSSR count). The van der Waals surface area contributed by atoms with Crippen LogP contribution in [0, 0.1) is 17.7 Å². The number of likely N-dealkylation sites (N-methyl/N-ethyl adjacent to an activating group) is 1. The van der Waals surface area contributed by atoms with Crippen molar-refractivity contribution in [2.75, 3.05) is 64.4 Å². The highest BCUT2D eigenvalue weighted by Gasteiger charge is 2.29. The lowest BCUT2D eigenvalue weighted by atomic mass is 9.91. The number of hydrogen-bond acceptors (Lipinski definition) is 8. The van der Waals surface area contributed by atoms with Crippen LogP contribution in [0.25, 0.3) is 6.08 Å². The van der Waals surface area contributed by atoms with Crippen LogP contribution in [0.2, 0.25) is 0 Å². The molecule has 2 fully saturated rings. The molecule has 1 aromatic carbocycles. The van der Waals surface area contributed by atoms with E-state index < -0.39 is 37.4 Å². The number of anilines is 1. The fraction of sp³-hybridized carbons (Fsp3) is 0.625. The third-order valence-corrected chi connectivity index (χ3v) is 8.16. The van der Waals surface area contributed by atoms with Gasteiger partial charge in [0.1, 0.15) is 18.0 Å². The predicted octanol–water partition coefficient (Wildman–Crippen LogP) is 4.10. The molecule has 0 radical (unpaired) electrons. The molecule has 1 aromatic rings. The van der Waals surface area contributed by atoms with E-state index in [9.17, 15) is 19.1 Å². The number of rotatable bonds is 4. The first-order valence-corrected chi connectivity index (χ1v) is 14.9. The molecule has 42 heavy (non-hydrogen) atoms. The summed E-state index contributed by atoms with van der Waals surface area (Å²) >= 11 is 0. The lowest BCUT2D eigenvalue weighted by molar-refractivity contribution is -0.151. The molecule has 0 spiro atoms. The van der Waals surface area contributed by atoms with Crippen molar-refractivity contribution in [2.24, 2.45) is 11.8 Å². The molecule has 0 bridgehead atoms. The molecule has 3 aliphatic heterocycles. The van der Waals surface area contributed by atoms with Crippen LogP contribution in [0.4, 0.5) is 14.9 Å². The van der Waals surface area contributed by atoms with Gasteiger partial charge in [0.25, 0.3) is 0 Å². The van der Waals surface area contributed by atoms with Gasteiger partial charge in [-0.05, 0) is 68.1 Å². The summed E-state index contributed by atoms with van der Waals surface area (Å²) in [5.74, 6) is -1.40. The molecule has 3 aliphatic rings. The molecule has 9 nitrogen and oxygen atoms in total. The monoisotopic (exact) mass is 590 g/mol. The molecule has 5 atom stereocenters. The maximum Gasteiger partial charge on any atom is 0.410 e. The topological polar surface area (TPSA) is 91.8 Å². The summed E-state index contributed by atoms with van der Waals surface area (Å²) in [7, 11) is 0. The number of morpholine rings is 1. The second-order valence-corrected chi connectivity index (χ2v) is 11.6. The van der Waals surface area contributed by atoms with Gasteiger partial charge in [0, 0.05) is 55.0 Å². The van der Waals surface area contributed by atoms with E-state index in [1.54, 1.807) is 12.2 Å². The third-order valence-electron chi connectivity index (χ3n) is 8.16. The molecular formula is C32H46FN3O6. The minimum Gasteiger partial charge on any atom is -0.457 e. The van der Waals surface area contributed by atoms with Crippen LogP contribution in [-0.2, 0) is 19.0 Å². The lowest BCUT2D eigenvalue weighted by Gasteiger charge is -2.33. The molecule has 3 heterocycles. The molecule has 0 aliphatic carbocycles. The molecule has 2 saturated heterocycles. The first-order chi connectivity index (χ1) is 21.3. The van der Waals surface area contributed by atoms with Gasteiger partial charge in [-0.3, -0.25) is 4.79 Å². The average Bonchev–Trinajstić information content (AvgIpc) is 2.99. The number of halogens is 1. The van der Waals surface area contributed by atoms with Crippen LogP contribution < -0.4 is 4.90 Å². The Morgan fingerprint density at radius 3 is 2.55 bits per heavy atom. The van der Waals surface area contributed by atoms with E-state index in [1.807, 2.05) is 32.9 Å². The number of hydrogen-bond donors (Lipinski definition) is 1. The number of cyclic esters (lactones) is 1. The van der Waals surface area contributed by atoms with Crippen molar-refractivity contribution in [3.63, 3.8) is 0 Å². The van der Waals surface area contributed by atoms with E-state index in [0.29, 0.717) is 50.3 Å². The van der Waals surface area contributed by atoms with Crippen LogP contribution in [0.15, 0.2) is 35.9 Å². The summed E-state index contributed by atoms with van der Waals surface area (Å²) < 4.78 is 54.7. The molecule has 1 amide bonds. The van der Waals surface area contributed by atoms with Crippen molar-refractivity contribution in [1.82, 2.24) is 9.80 Å². The molecule has 0 aromatic heterocycles. The molecular weight excluding hydrogens is 541 g/mol. The minimum atomic E-state index is -2.20. The van der Waals surface area contributed by atoms with Crippen molar-refractivity contribution >= 4 is 23.8 Å². The maximum atomic E-state index is 14.7. The number of piperazine rings is 1. The molecule has 0 saturated carbocycles. The largest absolute Gasteiger partial charge is 0.457 e. The highest BCUT2D eigenvalue weighted by molar-refractivity contribution is 5.71. The summed E-state index contributed by atoms with van der Waals surface area (Å²) in [6.07, 6.45) is 3.33. The molecule has 1 N–H and O–H groups in total. The second-order valence-electron chi connectivity index (χ2n) is 11.6. The molecule has 0 unspecified atom stereocenters. The van der Waals surface area contributed by atoms with Crippen molar-refractivity contribution in [3.05, 3.63) is 47.3 Å². The highest BCUT2D eigenvalue weighted by atomic mass is 19.1. The smallest absolute Gasteiger partial charge is 0.410 e. The summed E-state index contributed by atoms with van der Waals surface area (Å²) in [5, 5.41) is 10.6. The Morgan fingerprint density at radius 1 is 1.10 bits per heavy atom. The van der Waals surface area contributed by atoms with Gasteiger partial charge < -0.3 is 34.0 Å². The van der Waals surface area contributed by atoms with Gasteiger partial charge in [0.2, 0.25) is 0 Å². The van der Waals surface area contributed by atoms with Gasteiger partial charge in [-0.25, -0.2) is 9.18 Å². The Kier molecular flexibility index (Phi) is 9.94. The van der Waals surface area contributed by atoms with Crippen LogP contribution in [0.5, 0.6) is 0 Å². The van der Waals surface area contributed by atoms with Crippen molar-refractivity contribution in [1.29, 1.82) is 0 Å². The van der Waals surface area contributed by atoms with E-state index in [-0.39, 0.29) is 50.3 Å². The summed E-state index contributed by atoms with van der Waals surface area (Å²) in [5.41, 5.74) is 2.08. The maximum absolute atomic E-state index is 14.7. The highest BCUT2D eigenvalue weighted by Crippen LogP contribution is 2.27. The van der Waals surface area contributed by atoms with E-state index in [2.05, 4.69) is 4.90 Å². The second kappa shape index (κ2) is 15.0. The van der Waals surface area contributed by atoms with Gasteiger partial charge in [-0.15, -0.1) is 0 Å². The first-order valence-electron chi connectivity index (χ1n) is 16.4. The standard InChI is InChI=1S/C32H46FN3O6/c1-22-5-7-28(37)21-30(38)42-31(23(2)6-8-29(22)41-32(39)36-11-9-34(4)10-12-36)24(3)17-25-18-26(33)20-27(19-25)35-13-15-40-16-14-35/h6,8,17-20,22-23,28-29,31,37H,5,7,9-16,21H2,1-4H3/b8-6-,24-17+/t22-,23-,28+,29-,31-/m0/s1/i4D3. The lowest BCUT2D eigenvalue weighted by Crippen LogP contribution is -2.48. The number of benzene rings is 1. The number of carbonyl (C=O) groups is 2. The van der Waals surface area contributed by atoms with Crippen molar-refractivity contribution < 1.29 is 37.4 Å². The average molecular weight is 591 g/mol. The number of aliphatic hydroxyl groups is 1. The zero-order valence-electron chi connectivity index (χ0n) is 27.8. The SMILES string of the molecule is [2H]C([2H])([2H])N1CCN(C(=O)O[C@H]2/C=C\[C@H](C)[C@@H](/C(C)=C/c3cc(F)cc(N4CCOCC4)c3)OC(=O)C[C@H](O)CC[C@@H]2C)CC1. The third kappa shape index (κ3) is 9.02. The summed E-state index contributed by atoms with van der Waals surface area (Å²) in [6.45, 7) is 6.84. The Hall–Kier alpha value is -2.95. The number of carbonyl (C=O) groups excluding carboxylic acids is 2. The minimum absolute atomic E-state index is 0.160. The summed E-state index contributed by atoms with van der Waals surface area (Å²) in [4.78, 5) is 30.9. The number of aliphatic hydroxyl groups excluding tert-OH is 1. The van der Waals surface area contributed by atoms with Crippen LogP contribution >= 0.6 is 0 Å². The Labute approximate surface area is 253 Å². The Bertz CT molecular complexity index is 1230. The van der Waals surface area contributed by atoms with Crippen LogP contribution in [0.1, 0.15) is 49.7 Å². The zero-order chi connectivity index (χ0) is 32.7. The predicted molar refractivity (Wildman–Crippen MR) is 160 cm³/mol. The van der Waals surface area contributed by atoms with Crippen molar-refractivity contribution in [2.45, 2.75) is 58.3 Å². The van der Waals surface area contributed by atoms with Gasteiger partial charge in [-0.2, -0.15) is 0 Å². The fourth-order valence-electron chi connectivity index (χ4n) is 5.56. The first kappa shape index (κ1) is 27.9. The quantitative estimate of drug-likeness (QED) is 0.414. The number of amides is 1. The van der Waals surface area contributed by atoms with E-state index in [0.717, 1.165) is 5.69 Å². The van der Waals surface area contributed by atoms with Gasteiger partial charge in [-0.1, -0.05) is 26.0 Å². The normalized spacial score (nSPS) is 31.1. The van der Waals surface area contributed by atoms with E-state index in [4.69, 9.17) is 18.3 Å². The van der Waals surface area contributed by atoms with Crippen LogP contribution in [0.3, 0.4) is 0 Å². The van der Waals surface area contributed by atoms with Crippen molar-refractivity contribution in [3.8, 4) is 0 Å². The molecule has 232 valence electrons. The number of nitrogens with zero attached hydrogens (tertiary/aromatic N) is 3. The zero-order valence-corrected chi connectivity index (χ0v) is 24.8.